The van der Waals surface area contributed by atoms with Crippen LogP contribution < -0.4 is 0 Å². The summed E-state index contributed by atoms with van der Waals surface area (Å²) in [4.78, 5) is 21.2. The molecule has 3 aromatic rings. The van der Waals surface area contributed by atoms with Crippen LogP contribution in [0.3, 0.4) is 0 Å². The number of aliphatic imine (C=N–C) groups is 1. The number of amides is 1. The summed E-state index contributed by atoms with van der Waals surface area (Å²) in [5, 5.41) is 1.49. The van der Waals surface area contributed by atoms with E-state index in [2.05, 4.69) is 24.5 Å². The second-order valence-corrected chi connectivity index (χ2v) is 10.4. The highest BCUT2D eigenvalue weighted by atomic mass is 35.5. The van der Waals surface area contributed by atoms with Crippen LogP contribution in [0.1, 0.15) is 49.1 Å². The number of hydrogen-bond donors (Lipinski definition) is 0. The first-order chi connectivity index (χ1) is 16.5. The molecule has 1 amide bonds. The third-order valence-corrected chi connectivity index (χ3v) is 7.80. The first-order valence-corrected chi connectivity index (χ1v) is 13.0. The van der Waals surface area contributed by atoms with Gasteiger partial charge in [-0.1, -0.05) is 55.1 Å². The second kappa shape index (κ2) is 9.85. The molecule has 5 rings (SSSR count). The van der Waals surface area contributed by atoms with Crippen molar-refractivity contribution in [2.75, 3.05) is 0 Å². The first kappa shape index (κ1) is 23.0. The molecule has 174 valence electrons. The number of aryl methyl sites for hydroxylation is 1. The number of rotatable bonds is 4. The van der Waals surface area contributed by atoms with E-state index in [1.807, 2.05) is 65.6 Å². The molecule has 0 radical (unpaired) electrons. The predicted molar refractivity (Wildman–Crippen MR) is 143 cm³/mol. The molecule has 0 spiro atoms. The lowest BCUT2D eigenvalue weighted by Gasteiger charge is -2.30. The molecule has 34 heavy (non-hydrogen) atoms. The van der Waals surface area contributed by atoms with E-state index in [1.54, 1.807) is 0 Å². The van der Waals surface area contributed by atoms with Gasteiger partial charge in [0.15, 0.2) is 5.17 Å². The predicted octanol–water partition coefficient (Wildman–Crippen LogP) is 7.68. The topological polar surface area (TPSA) is 37.6 Å². The quantitative estimate of drug-likeness (QED) is 0.352. The minimum absolute atomic E-state index is 0.0686. The lowest BCUT2D eigenvalue weighted by molar-refractivity contribution is -0.124. The summed E-state index contributed by atoms with van der Waals surface area (Å²) in [6.07, 6.45) is 7.68. The molecular weight excluding hydrogens is 462 g/mol. The zero-order valence-corrected chi connectivity index (χ0v) is 21.1. The second-order valence-electron chi connectivity index (χ2n) is 8.95. The molecule has 2 aliphatic rings. The van der Waals surface area contributed by atoms with Crippen LogP contribution in [0.5, 0.6) is 0 Å². The molecular formula is C28H28ClN3OS. The fourth-order valence-electron chi connectivity index (χ4n) is 4.93. The number of halogens is 1. The Bertz CT molecular complexity index is 1270. The Morgan fingerprint density at radius 1 is 1.00 bits per heavy atom. The lowest BCUT2D eigenvalue weighted by Crippen LogP contribution is -2.40. The standard InChI is InChI=1S/C28H28ClN3OS/c1-19-16-21(20(2)31(19)25-15-9-10-22(29)18-25)17-26-27(33)32(24-13-7-4-8-14-24)28(34-26)30-23-11-5-3-6-12-23/h3,5-6,9-12,15-18,24H,4,7-8,13-14H2,1-2H3/b26-17+,30-28?. The summed E-state index contributed by atoms with van der Waals surface area (Å²) in [6, 6.07) is 20.1. The lowest BCUT2D eigenvalue weighted by atomic mass is 9.94. The van der Waals surface area contributed by atoms with E-state index < -0.39 is 0 Å². The molecule has 0 unspecified atom stereocenters. The Labute approximate surface area is 210 Å². The summed E-state index contributed by atoms with van der Waals surface area (Å²) < 4.78 is 2.18. The fourth-order valence-corrected chi connectivity index (χ4v) is 6.16. The van der Waals surface area contributed by atoms with Crippen LogP contribution in [-0.4, -0.2) is 26.6 Å². The SMILES string of the molecule is Cc1cc(/C=C2/SC(=Nc3ccccc3)N(C3CCCCC3)C2=O)c(C)n1-c1cccc(Cl)c1. The van der Waals surface area contributed by atoms with Crippen LogP contribution in [0.25, 0.3) is 11.8 Å². The number of benzene rings is 2. The third kappa shape index (κ3) is 4.59. The Balaban J connectivity index is 1.53. The van der Waals surface area contributed by atoms with E-state index in [4.69, 9.17) is 16.6 Å². The average molecular weight is 490 g/mol. The molecule has 0 atom stereocenters. The molecule has 1 aromatic heterocycles. The van der Waals surface area contributed by atoms with Crippen LogP contribution >= 0.6 is 23.4 Å². The number of thioether (sulfide) groups is 1. The third-order valence-electron chi connectivity index (χ3n) is 6.58. The van der Waals surface area contributed by atoms with Gasteiger partial charge in [-0.3, -0.25) is 9.69 Å². The Kier molecular flexibility index (Phi) is 6.66. The van der Waals surface area contributed by atoms with Gasteiger partial charge < -0.3 is 4.57 Å². The van der Waals surface area contributed by atoms with E-state index in [0.717, 1.165) is 64.1 Å². The highest BCUT2D eigenvalue weighted by Crippen LogP contribution is 2.39. The minimum Gasteiger partial charge on any atom is -0.318 e. The van der Waals surface area contributed by atoms with Gasteiger partial charge in [0, 0.05) is 28.1 Å². The van der Waals surface area contributed by atoms with Crippen LogP contribution in [-0.2, 0) is 4.79 Å². The molecule has 1 aliphatic carbocycles. The number of nitrogens with zero attached hydrogens (tertiary/aromatic N) is 3. The van der Waals surface area contributed by atoms with Crippen molar-refractivity contribution in [3.63, 3.8) is 0 Å². The van der Waals surface area contributed by atoms with Gasteiger partial charge in [0.2, 0.25) is 0 Å². The van der Waals surface area contributed by atoms with Crippen LogP contribution in [0, 0.1) is 13.8 Å². The van der Waals surface area contributed by atoms with Gasteiger partial charge >= 0.3 is 0 Å². The maximum atomic E-state index is 13.7. The molecule has 4 nitrogen and oxygen atoms in total. The minimum atomic E-state index is 0.0686. The highest BCUT2D eigenvalue weighted by Gasteiger charge is 2.38. The van der Waals surface area contributed by atoms with Crippen LogP contribution in [0.4, 0.5) is 5.69 Å². The van der Waals surface area contributed by atoms with Gasteiger partial charge in [-0.2, -0.15) is 0 Å². The molecule has 2 heterocycles. The maximum absolute atomic E-state index is 13.7. The highest BCUT2D eigenvalue weighted by molar-refractivity contribution is 8.18. The number of para-hydroxylation sites is 1. The van der Waals surface area contributed by atoms with Crippen molar-refractivity contribution in [2.45, 2.75) is 52.0 Å². The van der Waals surface area contributed by atoms with Crippen molar-refractivity contribution in [3.05, 3.63) is 87.5 Å². The van der Waals surface area contributed by atoms with Gasteiger partial charge in [-0.15, -0.1) is 0 Å². The smallest absolute Gasteiger partial charge is 0.267 e. The van der Waals surface area contributed by atoms with Gasteiger partial charge in [-0.25, -0.2) is 4.99 Å². The van der Waals surface area contributed by atoms with Crippen LogP contribution in [0.15, 0.2) is 70.6 Å². The van der Waals surface area contributed by atoms with Crippen molar-refractivity contribution in [1.29, 1.82) is 0 Å². The average Bonchev–Trinajstić information content (AvgIpc) is 3.29. The Morgan fingerprint density at radius 3 is 2.50 bits per heavy atom. The van der Waals surface area contributed by atoms with E-state index >= 15 is 0 Å². The van der Waals surface area contributed by atoms with Gasteiger partial charge in [0.25, 0.3) is 5.91 Å². The molecule has 1 saturated carbocycles. The van der Waals surface area contributed by atoms with Gasteiger partial charge in [-0.05, 0) is 86.5 Å². The fraction of sp³-hybridized carbons (Fsp3) is 0.286. The van der Waals surface area contributed by atoms with Crippen molar-refractivity contribution in [1.82, 2.24) is 9.47 Å². The monoisotopic (exact) mass is 489 g/mol. The van der Waals surface area contributed by atoms with E-state index in [-0.39, 0.29) is 11.9 Å². The molecule has 2 fully saturated rings. The van der Waals surface area contributed by atoms with Crippen molar-refractivity contribution >= 4 is 46.2 Å². The van der Waals surface area contributed by atoms with E-state index in [0.29, 0.717) is 5.02 Å². The largest absolute Gasteiger partial charge is 0.318 e. The number of hydrogen-bond acceptors (Lipinski definition) is 3. The van der Waals surface area contributed by atoms with E-state index in [9.17, 15) is 4.79 Å². The van der Waals surface area contributed by atoms with Gasteiger partial charge in [0.1, 0.15) is 0 Å². The summed E-state index contributed by atoms with van der Waals surface area (Å²) in [5.41, 5.74) is 5.12. The van der Waals surface area contributed by atoms with Crippen molar-refractivity contribution in [2.24, 2.45) is 4.99 Å². The van der Waals surface area contributed by atoms with Gasteiger partial charge in [0.05, 0.1) is 10.6 Å². The number of aromatic nitrogens is 1. The zero-order valence-electron chi connectivity index (χ0n) is 19.5. The number of carbonyl (C=O) groups is 1. The first-order valence-electron chi connectivity index (χ1n) is 11.8. The maximum Gasteiger partial charge on any atom is 0.267 e. The summed E-state index contributed by atoms with van der Waals surface area (Å²) in [5.74, 6) is 0.0686. The summed E-state index contributed by atoms with van der Waals surface area (Å²) >= 11 is 7.73. The van der Waals surface area contributed by atoms with Crippen molar-refractivity contribution < 1.29 is 4.79 Å². The normalized spacial score (nSPS) is 19.5. The van der Waals surface area contributed by atoms with Crippen LogP contribution in [0.2, 0.25) is 5.02 Å². The molecule has 1 aliphatic heterocycles. The molecule has 6 heteroatoms. The zero-order chi connectivity index (χ0) is 23.7. The van der Waals surface area contributed by atoms with Crippen molar-refractivity contribution in [3.8, 4) is 5.69 Å². The van der Waals surface area contributed by atoms with E-state index in [1.165, 1.54) is 18.2 Å². The summed E-state index contributed by atoms with van der Waals surface area (Å²) in [6.45, 7) is 4.17. The number of carbonyl (C=O) groups excluding carboxylic acids is 1. The Morgan fingerprint density at radius 2 is 1.76 bits per heavy atom. The molecule has 2 aromatic carbocycles. The Hall–Kier alpha value is -2.76. The molecule has 1 saturated heterocycles. The molecule has 0 bridgehead atoms. The number of amidine groups is 1. The summed E-state index contributed by atoms with van der Waals surface area (Å²) in [7, 11) is 0. The molecule has 0 N–H and O–H groups in total.